The SMILES string of the molecule is CN(C)C(=O)CN1Cn2cc(C(=O)NCc3ccc(F)cc3F)c(=O)c(O)c2C(=O)N1C. The van der Waals surface area contributed by atoms with Crippen LogP contribution in [-0.4, -0.2) is 70.0 Å². The van der Waals surface area contributed by atoms with Crippen molar-refractivity contribution in [2.45, 2.75) is 13.2 Å². The molecule has 0 spiro atoms. The van der Waals surface area contributed by atoms with Gasteiger partial charge in [-0.25, -0.2) is 8.78 Å². The maximum absolute atomic E-state index is 13.8. The van der Waals surface area contributed by atoms with Crippen LogP contribution in [-0.2, 0) is 18.0 Å². The molecule has 1 aliphatic rings. The van der Waals surface area contributed by atoms with Gasteiger partial charge in [-0.15, -0.1) is 0 Å². The summed E-state index contributed by atoms with van der Waals surface area (Å²) >= 11 is 0. The average Bonchev–Trinajstić information content (AvgIpc) is 2.73. The van der Waals surface area contributed by atoms with E-state index in [0.29, 0.717) is 6.07 Å². The van der Waals surface area contributed by atoms with Gasteiger partial charge in [-0.2, -0.15) is 5.01 Å². The molecule has 2 N–H and O–H groups in total. The van der Waals surface area contributed by atoms with Crippen molar-refractivity contribution in [2.24, 2.45) is 0 Å². The van der Waals surface area contributed by atoms with Crippen molar-refractivity contribution in [3.05, 3.63) is 63.1 Å². The molecule has 2 heterocycles. The molecule has 0 bridgehead atoms. The third-order valence-corrected chi connectivity index (χ3v) is 5.01. The minimum atomic E-state index is -1.08. The monoisotopic (exact) mass is 449 g/mol. The van der Waals surface area contributed by atoms with E-state index < -0.39 is 40.2 Å². The number of fused-ring (bicyclic) bond motifs is 1. The van der Waals surface area contributed by atoms with E-state index in [4.69, 9.17) is 0 Å². The maximum atomic E-state index is 13.8. The first-order valence-electron chi connectivity index (χ1n) is 9.42. The lowest BCUT2D eigenvalue weighted by atomic mass is 10.1. The topological polar surface area (TPSA) is 115 Å². The molecule has 0 fully saturated rings. The molecule has 0 saturated heterocycles. The lowest BCUT2D eigenvalue weighted by Gasteiger charge is -2.37. The number of hydrogen-bond donors (Lipinski definition) is 2. The highest BCUT2D eigenvalue weighted by atomic mass is 19.1. The van der Waals surface area contributed by atoms with Gasteiger partial charge in [0.2, 0.25) is 11.3 Å². The highest BCUT2D eigenvalue weighted by molar-refractivity contribution is 5.98. The first-order valence-corrected chi connectivity index (χ1v) is 9.42. The van der Waals surface area contributed by atoms with Gasteiger partial charge >= 0.3 is 0 Å². The Kier molecular flexibility index (Phi) is 6.25. The van der Waals surface area contributed by atoms with E-state index in [-0.39, 0.29) is 36.9 Å². The van der Waals surface area contributed by atoms with Crippen molar-refractivity contribution in [3.8, 4) is 5.75 Å². The van der Waals surface area contributed by atoms with Gasteiger partial charge in [0.1, 0.15) is 17.2 Å². The van der Waals surface area contributed by atoms with E-state index >= 15 is 0 Å². The van der Waals surface area contributed by atoms with Crippen LogP contribution in [0.25, 0.3) is 0 Å². The van der Waals surface area contributed by atoms with Crippen molar-refractivity contribution >= 4 is 17.7 Å². The summed E-state index contributed by atoms with van der Waals surface area (Å²) in [6.07, 6.45) is 1.09. The molecule has 1 aliphatic heterocycles. The molecular formula is C20H21F2N5O5. The third kappa shape index (κ3) is 4.30. The predicted molar refractivity (Wildman–Crippen MR) is 107 cm³/mol. The van der Waals surface area contributed by atoms with Crippen LogP contribution in [0.4, 0.5) is 8.78 Å². The van der Waals surface area contributed by atoms with E-state index in [0.717, 1.165) is 23.3 Å². The summed E-state index contributed by atoms with van der Waals surface area (Å²) in [5.74, 6) is -4.52. The number of hydrazine groups is 1. The van der Waals surface area contributed by atoms with Crippen LogP contribution in [0.15, 0.2) is 29.2 Å². The molecule has 0 unspecified atom stereocenters. The quantitative estimate of drug-likeness (QED) is 0.670. The normalized spacial score (nSPS) is 13.7. The van der Waals surface area contributed by atoms with Crippen LogP contribution in [0.1, 0.15) is 26.4 Å². The van der Waals surface area contributed by atoms with Crippen LogP contribution >= 0.6 is 0 Å². The molecule has 32 heavy (non-hydrogen) atoms. The Hall–Kier alpha value is -3.80. The molecule has 1 aromatic carbocycles. The van der Waals surface area contributed by atoms with Gasteiger partial charge in [0.15, 0.2) is 11.4 Å². The summed E-state index contributed by atoms with van der Waals surface area (Å²) in [6, 6.07) is 2.83. The molecule has 1 aromatic heterocycles. The largest absolute Gasteiger partial charge is 0.503 e. The number of carbonyl (C=O) groups excluding carboxylic acids is 3. The average molecular weight is 449 g/mol. The van der Waals surface area contributed by atoms with E-state index in [9.17, 15) is 33.1 Å². The number of hydrogen-bond acceptors (Lipinski definition) is 6. The van der Waals surface area contributed by atoms with Crippen LogP contribution in [0.2, 0.25) is 0 Å². The smallest absolute Gasteiger partial charge is 0.288 e. The number of likely N-dealkylation sites (N-methyl/N-ethyl adjacent to an activating group) is 1. The summed E-state index contributed by atoms with van der Waals surface area (Å²) in [6.45, 7) is -0.594. The van der Waals surface area contributed by atoms with Gasteiger partial charge in [-0.3, -0.25) is 24.2 Å². The Labute approximate surface area is 181 Å². The summed E-state index contributed by atoms with van der Waals surface area (Å²) in [7, 11) is 4.49. The molecule has 0 saturated carbocycles. The fraction of sp³-hybridized carbons (Fsp3) is 0.300. The molecule has 3 amide bonds. The van der Waals surface area contributed by atoms with E-state index in [1.165, 1.54) is 21.5 Å². The number of pyridine rings is 1. The van der Waals surface area contributed by atoms with E-state index in [2.05, 4.69) is 5.32 Å². The Balaban J connectivity index is 1.89. The zero-order valence-electron chi connectivity index (χ0n) is 17.6. The predicted octanol–water partition coefficient (Wildman–Crippen LogP) is 0.110. The standard InChI is InChI=1S/C20H21F2N5O5/c1-24(2)15(28)9-27-10-26-8-13(17(29)18(30)16(26)20(32)25(27)3)19(31)23-7-11-4-5-12(21)6-14(11)22/h4-6,8,30H,7,9-10H2,1-3H3,(H,23,31). The lowest BCUT2D eigenvalue weighted by Crippen LogP contribution is -2.53. The summed E-state index contributed by atoms with van der Waals surface area (Å²) in [5, 5.41) is 15.1. The van der Waals surface area contributed by atoms with Crippen LogP contribution in [0.3, 0.4) is 0 Å². The number of aromatic hydroxyl groups is 1. The molecular weight excluding hydrogens is 428 g/mol. The maximum Gasteiger partial charge on any atom is 0.288 e. The van der Waals surface area contributed by atoms with Crippen LogP contribution < -0.4 is 10.7 Å². The first-order chi connectivity index (χ1) is 15.0. The summed E-state index contributed by atoms with van der Waals surface area (Å²) in [5.41, 5.74) is -1.89. The Bertz CT molecular complexity index is 1160. The molecule has 170 valence electrons. The third-order valence-electron chi connectivity index (χ3n) is 5.01. The fourth-order valence-corrected chi connectivity index (χ4v) is 3.09. The van der Waals surface area contributed by atoms with Gasteiger partial charge in [-0.1, -0.05) is 6.07 Å². The number of rotatable bonds is 5. The molecule has 0 atom stereocenters. The second kappa shape index (κ2) is 8.75. The van der Waals surface area contributed by atoms with E-state index in [1.807, 2.05) is 0 Å². The highest BCUT2D eigenvalue weighted by Gasteiger charge is 2.34. The van der Waals surface area contributed by atoms with E-state index in [1.54, 1.807) is 14.1 Å². The summed E-state index contributed by atoms with van der Waals surface area (Å²) < 4.78 is 28.0. The minimum absolute atomic E-state index is 0.00721. The number of nitrogens with one attached hydrogen (secondary N) is 1. The van der Waals surface area contributed by atoms with Gasteiger partial charge in [-0.05, 0) is 6.07 Å². The number of benzene rings is 1. The zero-order valence-corrected chi connectivity index (χ0v) is 17.6. The molecule has 0 radical (unpaired) electrons. The summed E-state index contributed by atoms with van der Waals surface area (Å²) in [4.78, 5) is 51.1. The van der Waals surface area contributed by atoms with Gasteiger partial charge < -0.3 is 19.9 Å². The van der Waals surface area contributed by atoms with Crippen molar-refractivity contribution < 1.29 is 28.3 Å². The van der Waals surface area contributed by atoms with Crippen molar-refractivity contribution in [2.75, 3.05) is 27.7 Å². The number of carbonyl (C=O) groups is 3. The number of amides is 3. The lowest BCUT2D eigenvalue weighted by molar-refractivity contribution is -0.135. The number of nitrogens with zero attached hydrogens (tertiary/aromatic N) is 4. The van der Waals surface area contributed by atoms with Crippen LogP contribution in [0, 0.1) is 11.6 Å². The first kappa shape index (κ1) is 22.9. The zero-order chi connectivity index (χ0) is 23.7. The van der Waals surface area contributed by atoms with Gasteiger partial charge in [0.05, 0.1) is 13.2 Å². The second-order valence-corrected chi connectivity index (χ2v) is 7.38. The molecule has 10 nitrogen and oxygen atoms in total. The highest BCUT2D eigenvalue weighted by Crippen LogP contribution is 2.22. The van der Waals surface area contributed by atoms with Crippen molar-refractivity contribution in [1.29, 1.82) is 0 Å². The molecule has 0 aliphatic carbocycles. The fourth-order valence-electron chi connectivity index (χ4n) is 3.09. The van der Waals surface area contributed by atoms with Gasteiger partial charge in [0, 0.05) is 45.5 Å². The van der Waals surface area contributed by atoms with Crippen molar-refractivity contribution in [1.82, 2.24) is 24.8 Å². The number of halogens is 2. The van der Waals surface area contributed by atoms with Crippen molar-refractivity contribution in [3.63, 3.8) is 0 Å². The molecule has 12 heteroatoms. The Morgan fingerprint density at radius 2 is 1.91 bits per heavy atom. The second-order valence-electron chi connectivity index (χ2n) is 7.38. The Morgan fingerprint density at radius 1 is 1.22 bits per heavy atom. The Morgan fingerprint density at radius 3 is 2.53 bits per heavy atom. The van der Waals surface area contributed by atoms with Gasteiger partial charge in [0.25, 0.3) is 11.8 Å². The molecule has 2 aromatic rings. The minimum Gasteiger partial charge on any atom is -0.503 e. The number of aromatic nitrogens is 1. The van der Waals surface area contributed by atoms with Crippen LogP contribution in [0.5, 0.6) is 5.75 Å². The molecule has 3 rings (SSSR count).